The van der Waals surface area contributed by atoms with E-state index in [0.29, 0.717) is 31.7 Å². The van der Waals surface area contributed by atoms with Crippen molar-refractivity contribution >= 4 is 11.8 Å². The van der Waals surface area contributed by atoms with Gasteiger partial charge >= 0.3 is 0 Å². The van der Waals surface area contributed by atoms with Gasteiger partial charge in [0.2, 0.25) is 5.91 Å². The maximum atomic E-state index is 13.5. The minimum absolute atomic E-state index is 0.0360. The standard InChI is InChI=1S/C25H29F2N3O2/c26-21-9-3-5-18(15-21)17-28-24(31)23(19-6-1-2-7-19)29-11-13-30(14-12-29)25(32)20-8-4-10-22(27)16-20/h3-5,8-10,15-16,19,23H,1-2,6-7,11-14,17H2,(H,28,31)/t23-/m1/s1. The molecular formula is C25H29F2N3O2. The first-order valence-electron chi connectivity index (χ1n) is 11.3. The summed E-state index contributed by atoms with van der Waals surface area (Å²) in [6, 6.07) is 11.7. The third-order valence-electron chi connectivity index (χ3n) is 6.54. The monoisotopic (exact) mass is 441 g/mol. The lowest BCUT2D eigenvalue weighted by Gasteiger charge is -2.40. The molecule has 5 nitrogen and oxygen atoms in total. The molecule has 1 saturated carbocycles. The lowest BCUT2D eigenvalue weighted by Crippen LogP contribution is -2.57. The first-order valence-corrected chi connectivity index (χ1v) is 11.3. The molecule has 1 aliphatic heterocycles. The Hall–Kier alpha value is -2.80. The Morgan fingerprint density at radius 3 is 2.25 bits per heavy atom. The average Bonchev–Trinajstić information content (AvgIpc) is 3.32. The fourth-order valence-corrected chi connectivity index (χ4v) is 4.90. The van der Waals surface area contributed by atoms with Crippen LogP contribution in [0.1, 0.15) is 41.6 Å². The van der Waals surface area contributed by atoms with Crippen LogP contribution in [0.3, 0.4) is 0 Å². The van der Waals surface area contributed by atoms with Gasteiger partial charge in [0.15, 0.2) is 0 Å². The molecule has 7 heteroatoms. The van der Waals surface area contributed by atoms with E-state index >= 15 is 0 Å². The minimum atomic E-state index is -0.425. The first-order chi connectivity index (χ1) is 15.5. The number of hydrogen-bond donors (Lipinski definition) is 1. The van der Waals surface area contributed by atoms with Gasteiger partial charge in [-0.05, 0) is 54.7 Å². The molecule has 0 radical (unpaired) electrons. The van der Waals surface area contributed by atoms with Gasteiger partial charge in [0.05, 0.1) is 6.04 Å². The van der Waals surface area contributed by atoms with Crippen molar-refractivity contribution in [3.05, 3.63) is 71.3 Å². The Balaban J connectivity index is 1.39. The molecule has 1 N–H and O–H groups in total. The Kier molecular flexibility index (Phi) is 7.15. The maximum Gasteiger partial charge on any atom is 0.254 e. The van der Waals surface area contributed by atoms with Crippen molar-refractivity contribution in [2.75, 3.05) is 26.2 Å². The van der Waals surface area contributed by atoms with Crippen LogP contribution in [-0.2, 0) is 11.3 Å². The van der Waals surface area contributed by atoms with Crippen LogP contribution in [0.2, 0.25) is 0 Å². The topological polar surface area (TPSA) is 52.7 Å². The highest BCUT2D eigenvalue weighted by Gasteiger charge is 2.37. The van der Waals surface area contributed by atoms with Gasteiger partial charge in [-0.25, -0.2) is 8.78 Å². The molecular weight excluding hydrogens is 412 g/mol. The smallest absolute Gasteiger partial charge is 0.254 e. The highest BCUT2D eigenvalue weighted by Crippen LogP contribution is 2.31. The van der Waals surface area contributed by atoms with Crippen molar-refractivity contribution < 1.29 is 18.4 Å². The molecule has 4 rings (SSSR count). The lowest BCUT2D eigenvalue weighted by molar-refractivity contribution is -0.129. The molecule has 2 aromatic rings. The molecule has 2 aliphatic rings. The van der Waals surface area contributed by atoms with Crippen molar-refractivity contribution in [1.82, 2.24) is 15.1 Å². The highest BCUT2D eigenvalue weighted by atomic mass is 19.1. The summed E-state index contributed by atoms with van der Waals surface area (Å²) >= 11 is 0. The van der Waals surface area contributed by atoms with Crippen LogP contribution in [0.25, 0.3) is 0 Å². The van der Waals surface area contributed by atoms with Crippen LogP contribution in [0.5, 0.6) is 0 Å². The van der Waals surface area contributed by atoms with Gasteiger partial charge in [0.1, 0.15) is 11.6 Å². The summed E-state index contributed by atoms with van der Waals surface area (Å²) in [6.45, 7) is 2.47. The van der Waals surface area contributed by atoms with E-state index in [1.165, 1.54) is 30.3 Å². The molecule has 0 spiro atoms. The van der Waals surface area contributed by atoms with Crippen molar-refractivity contribution in [3.8, 4) is 0 Å². The average molecular weight is 442 g/mol. The molecule has 0 bridgehead atoms. The number of nitrogens with zero attached hydrogens (tertiary/aromatic N) is 2. The summed E-state index contributed by atoms with van der Waals surface area (Å²) < 4.78 is 27.0. The number of piperazine rings is 1. The zero-order valence-electron chi connectivity index (χ0n) is 18.1. The molecule has 0 unspecified atom stereocenters. The number of amides is 2. The van der Waals surface area contributed by atoms with Crippen molar-refractivity contribution in [2.24, 2.45) is 5.92 Å². The normalized spacial score (nSPS) is 18.5. The van der Waals surface area contributed by atoms with Gasteiger partial charge in [-0.15, -0.1) is 0 Å². The van der Waals surface area contributed by atoms with Gasteiger partial charge in [0.25, 0.3) is 5.91 Å². The second-order valence-electron chi connectivity index (χ2n) is 8.68. The van der Waals surface area contributed by atoms with Crippen LogP contribution in [0.4, 0.5) is 8.78 Å². The van der Waals surface area contributed by atoms with E-state index < -0.39 is 5.82 Å². The molecule has 2 amide bonds. The van der Waals surface area contributed by atoms with Gasteiger partial charge in [-0.2, -0.15) is 0 Å². The molecule has 32 heavy (non-hydrogen) atoms. The van der Waals surface area contributed by atoms with Crippen molar-refractivity contribution in [3.63, 3.8) is 0 Å². The van der Waals surface area contributed by atoms with Gasteiger partial charge < -0.3 is 10.2 Å². The molecule has 1 aliphatic carbocycles. The van der Waals surface area contributed by atoms with Crippen LogP contribution in [-0.4, -0.2) is 53.8 Å². The number of nitrogens with one attached hydrogen (secondary N) is 1. The Labute approximate surface area is 187 Å². The lowest BCUT2D eigenvalue weighted by atomic mass is 9.94. The molecule has 1 heterocycles. The van der Waals surface area contributed by atoms with Crippen LogP contribution in [0.15, 0.2) is 48.5 Å². The largest absolute Gasteiger partial charge is 0.351 e. The quantitative estimate of drug-likeness (QED) is 0.745. The van der Waals surface area contributed by atoms with E-state index in [1.54, 1.807) is 23.1 Å². The molecule has 170 valence electrons. The van der Waals surface area contributed by atoms with Crippen LogP contribution in [0, 0.1) is 17.6 Å². The van der Waals surface area contributed by atoms with Crippen molar-refractivity contribution in [2.45, 2.75) is 38.3 Å². The van der Waals surface area contributed by atoms with E-state index in [0.717, 1.165) is 31.2 Å². The number of carbonyl (C=O) groups excluding carboxylic acids is 2. The van der Waals surface area contributed by atoms with E-state index in [2.05, 4.69) is 10.2 Å². The second kappa shape index (κ2) is 10.2. The number of halogens is 2. The van der Waals surface area contributed by atoms with Gasteiger partial charge in [-0.1, -0.05) is 31.0 Å². The van der Waals surface area contributed by atoms with Crippen molar-refractivity contribution in [1.29, 1.82) is 0 Å². The zero-order valence-corrected chi connectivity index (χ0v) is 18.1. The van der Waals surface area contributed by atoms with Crippen LogP contribution >= 0.6 is 0 Å². The molecule has 2 aromatic carbocycles. The van der Waals surface area contributed by atoms with E-state index in [-0.39, 0.29) is 36.1 Å². The highest BCUT2D eigenvalue weighted by molar-refractivity contribution is 5.94. The number of rotatable bonds is 6. The maximum absolute atomic E-state index is 13.5. The molecule has 1 atom stereocenters. The molecule has 0 aromatic heterocycles. The van der Waals surface area contributed by atoms with E-state index in [4.69, 9.17) is 0 Å². The predicted molar refractivity (Wildman–Crippen MR) is 118 cm³/mol. The summed E-state index contributed by atoms with van der Waals surface area (Å²) in [5, 5.41) is 3.00. The summed E-state index contributed by atoms with van der Waals surface area (Å²) in [7, 11) is 0. The fraction of sp³-hybridized carbons (Fsp3) is 0.440. The number of carbonyl (C=O) groups is 2. The summed E-state index contributed by atoms with van der Waals surface area (Å²) in [6.07, 6.45) is 4.27. The SMILES string of the molecule is O=C(NCc1cccc(F)c1)[C@@H](C1CCCC1)N1CCN(C(=O)c2cccc(F)c2)CC1. The Bertz CT molecular complexity index is 954. The molecule has 1 saturated heterocycles. The van der Waals surface area contributed by atoms with Gasteiger partial charge in [-0.3, -0.25) is 14.5 Å². The summed E-state index contributed by atoms with van der Waals surface area (Å²) in [4.78, 5) is 29.8. The van der Waals surface area contributed by atoms with Gasteiger partial charge in [0, 0.05) is 38.3 Å². The third kappa shape index (κ3) is 5.33. The summed E-state index contributed by atoms with van der Waals surface area (Å²) in [5.74, 6) is -0.676. The predicted octanol–water partition coefficient (Wildman–Crippen LogP) is 3.60. The number of hydrogen-bond acceptors (Lipinski definition) is 3. The van der Waals surface area contributed by atoms with Crippen LogP contribution < -0.4 is 5.32 Å². The summed E-state index contributed by atoms with van der Waals surface area (Å²) in [5.41, 5.74) is 1.08. The first kappa shape index (κ1) is 22.4. The third-order valence-corrected chi connectivity index (χ3v) is 6.54. The van der Waals surface area contributed by atoms with E-state index in [1.807, 2.05) is 0 Å². The number of benzene rings is 2. The Morgan fingerprint density at radius 1 is 0.938 bits per heavy atom. The van der Waals surface area contributed by atoms with E-state index in [9.17, 15) is 18.4 Å². The Morgan fingerprint density at radius 2 is 1.59 bits per heavy atom. The fourth-order valence-electron chi connectivity index (χ4n) is 4.90. The zero-order chi connectivity index (χ0) is 22.5. The second-order valence-corrected chi connectivity index (χ2v) is 8.68. The minimum Gasteiger partial charge on any atom is -0.351 e. The molecule has 2 fully saturated rings.